The van der Waals surface area contributed by atoms with Gasteiger partial charge in [0.05, 0.1) is 53.7 Å². The number of H-pyrrole nitrogens is 2. The van der Waals surface area contributed by atoms with Crippen LogP contribution in [0.1, 0.15) is 50.4 Å². The lowest BCUT2D eigenvalue weighted by atomic mass is 10.0. The second kappa shape index (κ2) is 11.8. The van der Waals surface area contributed by atoms with Crippen molar-refractivity contribution in [3.05, 3.63) is 82.4 Å². The lowest BCUT2D eigenvalue weighted by Gasteiger charge is -2.11. The fourth-order valence-electron chi connectivity index (χ4n) is 4.95. The first-order chi connectivity index (χ1) is 20.7. The molecule has 220 valence electrons. The molecule has 0 saturated carbocycles. The lowest BCUT2D eigenvalue weighted by Crippen LogP contribution is -2.07. The molecule has 1 atom stereocenters. The first kappa shape index (κ1) is 28.9. The van der Waals surface area contributed by atoms with Gasteiger partial charge in [0, 0.05) is 44.3 Å². The molecule has 0 spiro atoms. The predicted octanol–water partition coefficient (Wildman–Crippen LogP) is 8.71. The molecule has 6 aromatic rings. The van der Waals surface area contributed by atoms with Crippen molar-refractivity contribution in [3.63, 3.8) is 0 Å². The molecular weight excluding hydrogens is 590 g/mol. The van der Waals surface area contributed by atoms with E-state index in [9.17, 15) is 4.39 Å². The number of aromatic amines is 2. The van der Waals surface area contributed by atoms with E-state index in [4.69, 9.17) is 32.7 Å². The summed E-state index contributed by atoms with van der Waals surface area (Å²) in [5, 5.41) is 3.01. The molecule has 4 heterocycles. The lowest BCUT2D eigenvalue weighted by molar-refractivity contribution is 0.270. The number of ether oxygens (including phenoxy) is 2. The van der Waals surface area contributed by atoms with Crippen LogP contribution in [-0.4, -0.2) is 43.6 Å². The summed E-state index contributed by atoms with van der Waals surface area (Å²) in [6, 6.07) is 11.7. The largest absolute Gasteiger partial charge is 0.480 e. The zero-order chi connectivity index (χ0) is 30.2. The van der Waals surface area contributed by atoms with Crippen molar-refractivity contribution in [2.24, 2.45) is 0 Å². The van der Waals surface area contributed by atoms with Crippen molar-refractivity contribution in [1.82, 2.24) is 29.9 Å². The van der Waals surface area contributed by atoms with Crippen LogP contribution < -0.4 is 9.47 Å². The average Bonchev–Trinajstić information content (AvgIpc) is 3.61. The van der Waals surface area contributed by atoms with Gasteiger partial charge in [0.2, 0.25) is 5.88 Å². The summed E-state index contributed by atoms with van der Waals surface area (Å²) < 4.78 is 25.7. The first-order valence-electron chi connectivity index (χ1n) is 13.9. The van der Waals surface area contributed by atoms with Crippen molar-refractivity contribution >= 4 is 45.0 Å². The Bertz CT molecular complexity index is 1940. The number of hydrogen-bond donors (Lipinski definition) is 2. The average molecular weight is 620 g/mol. The molecule has 4 aromatic heterocycles. The van der Waals surface area contributed by atoms with E-state index in [2.05, 4.69) is 62.8 Å². The highest BCUT2D eigenvalue weighted by Crippen LogP contribution is 2.35. The topological polar surface area (TPSA) is 102 Å². The maximum Gasteiger partial charge on any atom is 0.276 e. The molecule has 0 aliphatic heterocycles. The minimum atomic E-state index is -0.787. The number of hydrogen-bond acceptors (Lipinski definition) is 6. The zero-order valence-corrected chi connectivity index (χ0v) is 25.5. The second-order valence-electron chi connectivity index (χ2n) is 10.8. The van der Waals surface area contributed by atoms with Crippen LogP contribution in [0.3, 0.4) is 0 Å². The molecule has 11 heteroatoms. The third-order valence-corrected chi connectivity index (χ3v) is 8.11. The van der Waals surface area contributed by atoms with Crippen LogP contribution in [0.15, 0.2) is 55.0 Å². The maximum absolute atomic E-state index is 15.0. The number of nitrogens with one attached hydrogen (secondary N) is 2. The van der Waals surface area contributed by atoms with Gasteiger partial charge in [-0.25, -0.2) is 19.9 Å². The molecule has 0 aliphatic rings. The van der Waals surface area contributed by atoms with Gasteiger partial charge < -0.3 is 19.4 Å². The van der Waals surface area contributed by atoms with Gasteiger partial charge in [-0.05, 0) is 54.7 Å². The molecule has 6 rings (SSSR count). The van der Waals surface area contributed by atoms with E-state index in [1.54, 1.807) is 19.5 Å². The Morgan fingerprint density at radius 1 is 0.791 bits per heavy atom. The SMILES string of the molecule is COc1cnc(-c2cc3[nH]c(C(C)CCOc4ncc(-c5cc6[nH]c(C(C)C)cc6cc5Cl)nc4F)cc3cc2Cl)cn1. The molecule has 0 radical (unpaired) electrons. The van der Waals surface area contributed by atoms with Gasteiger partial charge in [0.15, 0.2) is 0 Å². The van der Waals surface area contributed by atoms with E-state index in [1.165, 1.54) is 6.20 Å². The van der Waals surface area contributed by atoms with Crippen LogP contribution in [0.4, 0.5) is 4.39 Å². The monoisotopic (exact) mass is 618 g/mol. The van der Waals surface area contributed by atoms with E-state index < -0.39 is 5.95 Å². The van der Waals surface area contributed by atoms with E-state index in [-0.39, 0.29) is 18.4 Å². The Morgan fingerprint density at radius 3 is 2.02 bits per heavy atom. The second-order valence-corrected chi connectivity index (χ2v) is 11.6. The van der Waals surface area contributed by atoms with Crippen molar-refractivity contribution in [2.75, 3.05) is 13.7 Å². The highest BCUT2D eigenvalue weighted by molar-refractivity contribution is 6.34. The van der Waals surface area contributed by atoms with Crippen LogP contribution >= 0.6 is 23.2 Å². The zero-order valence-electron chi connectivity index (χ0n) is 24.0. The Kier molecular flexibility index (Phi) is 7.94. The third kappa shape index (κ3) is 5.87. The van der Waals surface area contributed by atoms with Crippen molar-refractivity contribution < 1.29 is 13.9 Å². The normalized spacial score (nSPS) is 12.4. The fourth-order valence-corrected chi connectivity index (χ4v) is 5.49. The van der Waals surface area contributed by atoms with Crippen molar-refractivity contribution in [1.29, 1.82) is 0 Å². The van der Waals surface area contributed by atoms with Crippen LogP contribution in [0, 0.1) is 5.95 Å². The molecule has 0 fully saturated rings. The minimum absolute atomic E-state index is 0.0905. The number of halogens is 3. The molecule has 2 N–H and O–H groups in total. The van der Waals surface area contributed by atoms with E-state index >= 15 is 0 Å². The van der Waals surface area contributed by atoms with Gasteiger partial charge in [-0.15, -0.1) is 0 Å². The fraction of sp³-hybridized carbons (Fsp3) is 0.250. The van der Waals surface area contributed by atoms with Gasteiger partial charge in [0.25, 0.3) is 11.8 Å². The van der Waals surface area contributed by atoms with Crippen LogP contribution in [-0.2, 0) is 0 Å². The first-order valence-corrected chi connectivity index (χ1v) is 14.6. The Morgan fingerprint density at radius 2 is 1.42 bits per heavy atom. The van der Waals surface area contributed by atoms with E-state index in [1.807, 2.05) is 24.3 Å². The highest BCUT2D eigenvalue weighted by Gasteiger charge is 2.17. The molecule has 0 amide bonds. The predicted molar refractivity (Wildman–Crippen MR) is 168 cm³/mol. The Balaban J connectivity index is 1.13. The van der Waals surface area contributed by atoms with Gasteiger partial charge in [-0.3, -0.25) is 0 Å². The number of fused-ring (bicyclic) bond motifs is 2. The summed E-state index contributed by atoms with van der Waals surface area (Å²) in [6.07, 6.45) is 5.28. The minimum Gasteiger partial charge on any atom is -0.480 e. The quantitative estimate of drug-likeness (QED) is 0.168. The van der Waals surface area contributed by atoms with E-state index in [0.717, 1.165) is 38.8 Å². The molecule has 0 saturated heterocycles. The number of methoxy groups -OCH3 is 1. The number of nitrogens with zero attached hydrogens (tertiary/aromatic N) is 4. The third-order valence-electron chi connectivity index (χ3n) is 7.49. The Hall–Kier alpha value is -4.21. The van der Waals surface area contributed by atoms with Gasteiger partial charge >= 0.3 is 0 Å². The molecule has 43 heavy (non-hydrogen) atoms. The van der Waals surface area contributed by atoms with Gasteiger partial charge in [0.1, 0.15) is 0 Å². The molecule has 0 bridgehead atoms. The van der Waals surface area contributed by atoms with E-state index in [0.29, 0.717) is 45.2 Å². The molecular formula is C32H29Cl2FN6O2. The highest BCUT2D eigenvalue weighted by atomic mass is 35.5. The smallest absolute Gasteiger partial charge is 0.276 e. The molecule has 0 aliphatic carbocycles. The van der Waals surface area contributed by atoms with Crippen LogP contribution in [0.2, 0.25) is 10.0 Å². The van der Waals surface area contributed by atoms with Crippen LogP contribution in [0.25, 0.3) is 44.3 Å². The summed E-state index contributed by atoms with van der Waals surface area (Å²) in [6.45, 7) is 6.54. The molecule has 2 aromatic carbocycles. The Labute approximate surface area is 257 Å². The van der Waals surface area contributed by atoms with Crippen LogP contribution in [0.5, 0.6) is 11.8 Å². The van der Waals surface area contributed by atoms with Crippen molar-refractivity contribution in [3.8, 4) is 34.3 Å². The molecule has 8 nitrogen and oxygen atoms in total. The maximum atomic E-state index is 15.0. The summed E-state index contributed by atoms with van der Waals surface area (Å²) >= 11 is 13.1. The van der Waals surface area contributed by atoms with Gasteiger partial charge in [-0.2, -0.15) is 4.39 Å². The summed E-state index contributed by atoms with van der Waals surface area (Å²) in [7, 11) is 1.54. The summed E-state index contributed by atoms with van der Waals surface area (Å²) in [5.74, 6) is -0.0737. The van der Waals surface area contributed by atoms with Gasteiger partial charge in [-0.1, -0.05) is 44.0 Å². The number of rotatable bonds is 9. The number of aromatic nitrogens is 6. The summed E-state index contributed by atoms with van der Waals surface area (Å²) in [4.78, 5) is 23.8. The standard InChI is InChI=1S/C32H29Cl2FN6O2/c1-16(2)24-9-18-7-23(34)21(12-26(18)39-24)29-14-38-32(31(35)41-29)43-6-5-17(3)25-10-19-8-22(33)20(11-27(19)40-25)28-13-37-30(42-4)15-36-28/h7-17,39-40H,5-6H2,1-4H3. The van der Waals surface area contributed by atoms with Crippen molar-refractivity contribution in [2.45, 2.75) is 39.0 Å². The summed E-state index contributed by atoms with van der Waals surface area (Å²) in [5.41, 5.74) is 6.27. The molecule has 1 unspecified atom stereocenters. The number of benzene rings is 2.